The van der Waals surface area contributed by atoms with Crippen LogP contribution in [0.15, 0.2) is 36.7 Å². The highest BCUT2D eigenvalue weighted by Gasteiger charge is 2.07. The largest absolute Gasteiger partial charge is 0.372 e. The van der Waals surface area contributed by atoms with Gasteiger partial charge in [-0.15, -0.1) is 0 Å². The molecule has 2 rings (SSSR count). The van der Waals surface area contributed by atoms with Crippen LogP contribution < -0.4 is 10.6 Å². The van der Waals surface area contributed by atoms with E-state index < -0.39 is 0 Å². The van der Waals surface area contributed by atoms with Crippen molar-refractivity contribution < 1.29 is 9.18 Å². The summed E-state index contributed by atoms with van der Waals surface area (Å²) < 4.78 is 12.7. The normalized spacial score (nSPS) is 10.0. The second-order valence-corrected chi connectivity index (χ2v) is 3.85. The Balaban J connectivity index is 1.95. The third-order valence-corrected chi connectivity index (χ3v) is 2.51. The number of amides is 1. The van der Waals surface area contributed by atoms with E-state index in [0.29, 0.717) is 12.4 Å². The highest BCUT2D eigenvalue weighted by atomic mass is 19.1. The lowest BCUT2D eigenvalue weighted by molar-refractivity contribution is 0.0945. The molecule has 5 nitrogen and oxygen atoms in total. The van der Waals surface area contributed by atoms with Gasteiger partial charge >= 0.3 is 0 Å². The number of benzene rings is 1. The van der Waals surface area contributed by atoms with Crippen molar-refractivity contribution in [3.63, 3.8) is 0 Å². The lowest BCUT2D eigenvalue weighted by atomic mass is 10.2. The van der Waals surface area contributed by atoms with Crippen LogP contribution in [0.4, 0.5) is 10.2 Å². The topological polar surface area (TPSA) is 66.9 Å². The van der Waals surface area contributed by atoms with Crippen molar-refractivity contribution in [1.82, 2.24) is 15.3 Å². The highest BCUT2D eigenvalue weighted by Crippen LogP contribution is 2.03. The summed E-state index contributed by atoms with van der Waals surface area (Å²) in [6.45, 7) is 0.314. The molecule has 0 aliphatic rings. The van der Waals surface area contributed by atoms with Gasteiger partial charge in [-0.05, 0) is 17.7 Å². The molecule has 0 aliphatic heterocycles. The van der Waals surface area contributed by atoms with Crippen LogP contribution in [0.3, 0.4) is 0 Å². The van der Waals surface area contributed by atoms with Crippen LogP contribution >= 0.6 is 0 Å². The first-order chi connectivity index (χ1) is 9.19. The Bertz CT molecular complexity index is 554. The first kappa shape index (κ1) is 12.9. The fraction of sp³-hybridized carbons (Fsp3) is 0.154. The maximum atomic E-state index is 12.7. The predicted molar refractivity (Wildman–Crippen MR) is 69.1 cm³/mol. The second-order valence-electron chi connectivity index (χ2n) is 3.85. The maximum absolute atomic E-state index is 12.7. The number of anilines is 1. The number of rotatable bonds is 4. The van der Waals surface area contributed by atoms with Crippen molar-refractivity contribution in [2.75, 3.05) is 12.4 Å². The van der Waals surface area contributed by atoms with Crippen molar-refractivity contribution in [2.24, 2.45) is 0 Å². The molecular weight excluding hydrogens is 247 g/mol. The van der Waals surface area contributed by atoms with Crippen molar-refractivity contribution in [1.29, 1.82) is 0 Å². The van der Waals surface area contributed by atoms with Gasteiger partial charge < -0.3 is 10.6 Å². The average Bonchev–Trinajstić information content (AvgIpc) is 2.46. The SMILES string of the molecule is CNc1cnc(C(=O)NCc2ccc(F)cc2)cn1. The van der Waals surface area contributed by atoms with E-state index in [0.717, 1.165) is 5.56 Å². The van der Waals surface area contributed by atoms with Crippen LogP contribution in [0.1, 0.15) is 16.1 Å². The molecule has 19 heavy (non-hydrogen) atoms. The van der Waals surface area contributed by atoms with Gasteiger partial charge in [0.25, 0.3) is 5.91 Å². The summed E-state index contributed by atoms with van der Waals surface area (Å²) in [5.41, 5.74) is 1.05. The lowest BCUT2D eigenvalue weighted by Crippen LogP contribution is -2.24. The molecular formula is C13H13FN4O. The molecule has 1 aromatic carbocycles. The van der Waals surface area contributed by atoms with Gasteiger partial charge in [-0.25, -0.2) is 14.4 Å². The molecule has 0 bridgehead atoms. The number of hydrogen-bond acceptors (Lipinski definition) is 4. The number of hydrogen-bond donors (Lipinski definition) is 2. The van der Waals surface area contributed by atoms with E-state index >= 15 is 0 Å². The maximum Gasteiger partial charge on any atom is 0.271 e. The Kier molecular flexibility index (Phi) is 4.02. The zero-order valence-electron chi connectivity index (χ0n) is 10.4. The number of carbonyl (C=O) groups is 1. The Morgan fingerprint density at radius 3 is 2.53 bits per heavy atom. The average molecular weight is 260 g/mol. The summed E-state index contributed by atoms with van der Waals surface area (Å²) >= 11 is 0. The molecule has 0 atom stereocenters. The molecule has 6 heteroatoms. The fourth-order valence-electron chi connectivity index (χ4n) is 1.45. The standard InChI is InChI=1S/C13H13FN4O/c1-15-12-8-16-11(7-17-12)13(19)18-6-9-2-4-10(14)5-3-9/h2-5,7-8H,6H2,1H3,(H,15,17)(H,18,19). The van der Waals surface area contributed by atoms with Gasteiger partial charge in [0.2, 0.25) is 0 Å². The Morgan fingerprint density at radius 2 is 1.95 bits per heavy atom. The third kappa shape index (κ3) is 3.48. The molecule has 1 aromatic heterocycles. The molecule has 1 amide bonds. The highest BCUT2D eigenvalue weighted by molar-refractivity contribution is 5.91. The van der Waals surface area contributed by atoms with Crippen molar-refractivity contribution >= 4 is 11.7 Å². The summed E-state index contributed by atoms with van der Waals surface area (Å²) in [5.74, 6) is -0.0295. The second kappa shape index (κ2) is 5.90. The van der Waals surface area contributed by atoms with Gasteiger partial charge in [0.1, 0.15) is 17.3 Å². The van der Waals surface area contributed by atoms with E-state index in [1.807, 2.05) is 0 Å². The zero-order chi connectivity index (χ0) is 13.7. The molecule has 98 valence electrons. The van der Waals surface area contributed by atoms with Gasteiger partial charge in [-0.1, -0.05) is 12.1 Å². The number of carbonyl (C=O) groups excluding carboxylic acids is 1. The summed E-state index contributed by atoms with van der Waals surface area (Å²) in [6.07, 6.45) is 2.87. The fourth-order valence-corrected chi connectivity index (χ4v) is 1.45. The van der Waals surface area contributed by atoms with Crippen LogP contribution in [0, 0.1) is 5.82 Å². The summed E-state index contributed by atoms with van der Waals surface area (Å²) in [5, 5.41) is 5.50. The molecule has 0 radical (unpaired) electrons. The Morgan fingerprint density at radius 1 is 1.21 bits per heavy atom. The molecule has 0 saturated carbocycles. The van der Waals surface area contributed by atoms with E-state index in [9.17, 15) is 9.18 Å². The summed E-state index contributed by atoms with van der Waals surface area (Å²) in [7, 11) is 1.72. The van der Waals surface area contributed by atoms with Gasteiger partial charge in [0.15, 0.2) is 0 Å². The van der Waals surface area contributed by atoms with Crippen LogP contribution in [0.25, 0.3) is 0 Å². The molecule has 0 unspecified atom stereocenters. The first-order valence-electron chi connectivity index (χ1n) is 5.71. The molecule has 2 aromatic rings. The minimum Gasteiger partial charge on any atom is -0.372 e. The quantitative estimate of drug-likeness (QED) is 0.876. The summed E-state index contributed by atoms with van der Waals surface area (Å²) in [6, 6.07) is 5.93. The lowest BCUT2D eigenvalue weighted by Gasteiger charge is -2.05. The first-order valence-corrected chi connectivity index (χ1v) is 5.71. The minimum absolute atomic E-state index is 0.237. The predicted octanol–water partition coefficient (Wildman–Crippen LogP) is 1.59. The number of nitrogens with one attached hydrogen (secondary N) is 2. The van der Waals surface area contributed by atoms with E-state index in [-0.39, 0.29) is 17.4 Å². The molecule has 0 fully saturated rings. The zero-order valence-corrected chi connectivity index (χ0v) is 10.4. The van der Waals surface area contributed by atoms with E-state index in [4.69, 9.17) is 0 Å². The number of aromatic nitrogens is 2. The van der Waals surface area contributed by atoms with E-state index in [1.54, 1.807) is 19.2 Å². The van der Waals surface area contributed by atoms with Crippen LogP contribution in [0.2, 0.25) is 0 Å². The van der Waals surface area contributed by atoms with Crippen LogP contribution in [-0.2, 0) is 6.54 Å². The molecule has 1 heterocycles. The van der Waals surface area contributed by atoms with Crippen molar-refractivity contribution in [3.8, 4) is 0 Å². The monoisotopic (exact) mass is 260 g/mol. The summed E-state index contributed by atoms with van der Waals surface area (Å²) in [4.78, 5) is 19.8. The minimum atomic E-state index is -0.320. The van der Waals surface area contributed by atoms with Crippen molar-refractivity contribution in [3.05, 3.63) is 53.7 Å². The Hall–Kier alpha value is -2.50. The van der Waals surface area contributed by atoms with Gasteiger partial charge in [0, 0.05) is 13.6 Å². The van der Waals surface area contributed by atoms with E-state index in [2.05, 4.69) is 20.6 Å². The molecule has 0 saturated heterocycles. The smallest absolute Gasteiger partial charge is 0.271 e. The van der Waals surface area contributed by atoms with Crippen LogP contribution in [-0.4, -0.2) is 22.9 Å². The van der Waals surface area contributed by atoms with Gasteiger partial charge in [0.05, 0.1) is 12.4 Å². The van der Waals surface area contributed by atoms with Gasteiger partial charge in [-0.3, -0.25) is 4.79 Å². The number of halogens is 1. The molecule has 0 aliphatic carbocycles. The Labute approximate surface area is 109 Å². The van der Waals surface area contributed by atoms with Crippen LogP contribution in [0.5, 0.6) is 0 Å². The van der Waals surface area contributed by atoms with Crippen molar-refractivity contribution in [2.45, 2.75) is 6.54 Å². The van der Waals surface area contributed by atoms with E-state index in [1.165, 1.54) is 24.5 Å². The van der Waals surface area contributed by atoms with Gasteiger partial charge in [-0.2, -0.15) is 0 Å². The third-order valence-electron chi connectivity index (χ3n) is 2.51. The number of nitrogens with zero attached hydrogens (tertiary/aromatic N) is 2. The molecule has 2 N–H and O–H groups in total. The molecule has 0 spiro atoms.